The van der Waals surface area contributed by atoms with Crippen LogP contribution in [-0.2, 0) is 9.59 Å². The van der Waals surface area contributed by atoms with Gasteiger partial charge in [-0.3, -0.25) is 14.5 Å². The SMILES string of the molecule is C[C@@H]1C[C@@H]1C(=O)NCCC(=O)NCCN1CCC[C@H]2CCCC[C@H]21. The Hall–Kier alpha value is -1.10. The van der Waals surface area contributed by atoms with Crippen LogP contribution >= 0.6 is 0 Å². The topological polar surface area (TPSA) is 61.4 Å². The number of carbonyl (C=O) groups is 2. The highest BCUT2D eigenvalue weighted by atomic mass is 16.2. The minimum Gasteiger partial charge on any atom is -0.355 e. The largest absolute Gasteiger partial charge is 0.355 e. The van der Waals surface area contributed by atoms with Crippen molar-refractivity contribution in [2.24, 2.45) is 17.8 Å². The molecule has 0 aromatic rings. The van der Waals surface area contributed by atoms with E-state index in [0.29, 0.717) is 18.9 Å². The Morgan fingerprint density at radius 2 is 1.79 bits per heavy atom. The summed E-state index contributed by atoms with van der Waals surface area (Å²) in [5.74, 6) is 1.77. The van der Waals surface area contributed by atoms with E-state index in [2.05, 4.69) is 22.5 Å². The van der Waals surface area contributed by atoms with Crippen LogP contribution in [0.25, 0.3) is 0 Å². The van der Waals surface area contributed by atoms with Crippen LogP contribution in [0.4, 0.5) is 0 Å². The maximum absolute atomic E-state index is 11.9. The second-order valence-corrected chi connectivity index (χ2v) is 8.00. The molecule has 5 nitrogen and oxygen atoms in total. The van der Waals surface area contributed by atoms with Gasteiger partial charge in [-0.1, -0.05) is 19.8 Å². The maximum atomic E-state index is 11.9. The van der Waals surface area contributed by atoms with Crippen LogP contribution in [0, 0.1) is 17.8 Å². The molecule has 136 valence electrons. The van der Waals surface area contributed by atoms with Gasteiger partial charge in [0.25, 0.3) is 0 Å². The summed E-state index contributed by atoms with van der Waals surface area (Å²) in [5, 5.41) is 5.89. The number of rotatable bonds is 7. The van der Waals surface area contributed by atoms with Crippen molar-refractivity contribution in [2.75, 3.05) is 26.2 Å². The molecule has 0 aromatic carbocycles. The average Bonchev–Trinajstić information content (AvgIpc) is 3.32. The van der Waals surface area contributed by atoms with Crippen LogP contribution in [-0.4, -0.2) is 48.9 Å². The Labute approximate surface area is 145 Å². The number of fused-ring (bicyclic) bond motifs is 1. The summed E-state index contributed by atoms with van der Waals surface area (Å²) in [5.41, 5.74) is 0. The van der Waals surface area contributed by atoms with E-state index in [-0.39, 0.29) is 17.7 Å². The van der Waals surface area contributed by atoms with Crippen LogP contribution in [0.3, 0.4) is 0 Å². The lowest BCUT2D eigenvalue weighted by Crippen LogP contribution is -2.49. The second-order valence-electron chi connectivity index (χ2n) is 8.00. The van der Waals surface area contributed by atoms with E-state index in [9.17, 15) is 9.59 Å². The van der Waals surface area contributed by atoms with E-state index in [1.165, 1.54) is 45.1 Å². The Balaban J connectivity index is 1.28. The van der Waals surface area contributed by atoms with Crippen molar-refractivity contribution in [3.8, 4) is 0 Å². The van der Waals surface area contributed by atoms with Gasteiger partial charge in [0, 0.05) is 38.0 Å². The number of likely N-dealkylation sites (tertiary alicyclic amines) is 1. The van der Waals surface area contributed by atoms with Gasteiger partial charge >= 0.3 is 0 Å². The lowest BCUT2D eigenvalue weighted by atomic mass is 9.78. The van der Waals surface area contributed by atoms with Crippen LogP contribution in [0.5, 0.6) is 0 Å². The zero-order chi connectivity index (χ0) is 16.9. The summed E-state index contributed by atoms with van der Waals surface area (Å²) in [6, 6.07) is 0.754. The summed E-state index contributed by atoms with van der Waals surface area (Å²) in [4.78, 5) is 26.2. The Bertz CT molecular complexity index is 452. The first-order valence-electron chi connectivity index (χ1n) is 9.93. The molecule has 2 saturated carbocycles. The highest BCUT2D eigenvalue weighted by Gasteiger charge is 2.38. The Morgan fingerprint density at radius 1 is 1.04 bits per heavy atom. The van der Waals surface area contributed by atoms with Gasteiger partial charge in [0.15, 0.2) is 0 Å². The van der Waals surface area contributed by atoms with Crippen molar-refractivity contribution in [1.82, 2.24) is 15.5 Å². The van der Waals surface area contributed by atoms with Crippen LogP contribution in [0.1, 0.15) is 58.3 Å². The minimum atomic E-state index is 0.0522. The normalized spacial score (nSPS) is 32.7. The number of hydrogen-bond donors (Lipinski definition) is 2. The minimum absolute atomic E-state index is 0.0522. The number of amides is 2. The van der Waals surface area contributed by atoms with Crippen molar-refractivity contribution in [2.45, 2.75) is 64.3 Å². The van der Waals surface area contributed by atoms with Crippen molar-refractivity contribution in [1.29, 1.82) is 0 Å². The molecule has 0 radical (unpaired) electrons. The highest BCUT2D eigenvalue weighted by molar-refractivity contribution is 5.82. The molecule has 2 aliphatic carbocycles. The molecule has 2 amide bonds. The molecule has 0 unspecified atom stereocenters. The molecule has 1 heterocycles. The Morgan fingerprint density at radius 3 is 2.58 bits per heavy atom. The average molecular weight is 335 g/mol. The molecule has 0 spiro atoms. The molecule has 0 aromatic heterocycles. The third-order valence-electron chi connectivity index (χ3n) is 6.18. The molecule has 3 fully saturated rings. The molecule has 1 aliphatic heterocycles. The van der Waals surface area contributed by atoms with Gasteiger partial charge in [-0.25, -0.2) is 0 Å². The Kier molecular flexibility index (Phi) is 6.14. The smallest absolute Gasteiger partial charge is 0.223 e. The molecule has 3 aliphatic rings. The number of nitrogens with one attached hydrogen (secondary N) is 2. The van der Waals surface area contributed by atoms with Gasteiger partial charge in [-0.15, -0.1) is 0 Å². The molecule has 4 atom stereocenters. The van der Waals surface area contributed by atoms with Gasteiger partial charge in [-0.05, 0) is 50.5 Å². The summed E-state index contributed by atoms with van der Waals surface area (Å²) in [6.45, 7) is 5.44. The van der Waals surface area contributed by atoms with Crippen molar-refractivity contribution in [3.05, 3.63) is 0 Å². The van der Waals surface area contributed by atoms with Gasteiger partial charge < -0.3 is 10.6 Å². The first-order chi connectivity index (χ1) is 11.6. The molecule has 2 N–H and O–H groups in total. The van der Waals surface area contributed by atoms with E-state index in [0.717, 1.165) is 31.5 Å². The summed E-state index contributed by atoms with van der Waals surface area (Å²) < 4.78 is 0. The maximum Gasteiger partial charge on any atom is 0.223 e. The van der Waals surface area contributed by atoms with Crippen molar-refractivity contribution in [3.63, 3.8) is 0 Å². The van der Waals surface area contributed by atoms with Gasteiger partial charge in [0.1, 0.15) is 0 Å². The van der Waals surface area contributed by atoms with E-state index >= 15 is 0 Å². The summed E-state index contributed by atoms with van der Waals surface area (Å²) in [6.07, 6.45) is 9.58. The third-order valence-corrected chi connectivity index (χ3v) is 6.18. The van der Waals surface area contributed by atoms with Gasteiger partial charge in [-0.2, -0.15) is 0 Å². The van der Waals surface area contributed by atoms with Crippen molar-refractivity contribution < 1.29 is 9.59 Å². The monoisotopic (exact) mass is 335 g/mol. The fourth-order valence-electron chi connectivity index (χ4n) is 4.55. The van der Waals surface area contributed by atoms with E-state index in [4.69, 9.17) is 0 Å². The predicted molar refractivity (Wildman–Crippen MR) is 94.5 cm³/mol. The number of piperidine rings is 1. The fourth-order valence-corrected chi connectivity index (χ4v) is 4.55. The third kappa shape index (κ3) is 4.71. The molecule has 5 heteroatoms. The highest BCUT2D eigenvalue weighted by Crippen LogP contribution is 2.37. The standard InChI is InChI=1S/C19H33N3O2/c1-14-13-16(14)19(24)21-9-8-18(23)20-10-12-22-11-4-6-15-5-2-3-7-17(15)22/h14-17H,2-13H2,1H3,(H,20,23)(H,21,24)/t14-,15-,16+,17-/m1/s1. The van der Waals surface area contributed by atoms with Crippen LogP contribution < -0.4 is 10.6 Å². The summed E-state index contributed by atoms with van der Waals surface area (Å²) in [7, 11) is 0. The quantitative estimate of drug-likeness (QED) is 0.747. The number of carbonyl (C=O) groups excluding carboxylic acids is 2. The first kappa shape index (κ1) is 17.7. The molecule has 3 rings (SSSR count). The van der Waals surface area contributed by atoms with Gasteiger partial charge in [0.2, 0.25) is 11.8 Å². The second kappa shape index (κ2) is 8.32. The zero-order valence-electron chi connectivity index (χ0n) is 15.1. The van der Waals surface area contributed by atoms with Gasteiger partial charge in [0.05, 0.1) is 0 Å². The predicted octanol–water partition coefficient (Wildman–Crippen LogP) is 1.92. The zero-order valence-corrected chi connectivity index (χ0v) is 15.1. The fraction of sp³-hybridized carbons (Fsp3) is 0.895. The lowest BCUT2D eigenvalue weighted by Gasteiger charge is -2.44. The molecule has 0 bridgehead atoms. The number of hydrogen-bond acceptors (Lipinski definition) is 3. The number of nitrogens with zero attached hydrogens (tertiary/aromatic N) is 1. The molecule has 24 heavy (non-hydrogen) atoms. The molecular formula is C19H33N3O2. The summed E-state index contributed by atoms with van der Waals surface area (Å²) >= 11 is 0. The van der Waals surface area contributed by atoms with Crippen molar-refractivity contribution >= 4 is 11.8 Å². The first-order valence-corrected chi connectivity index (χ1v) is 9.93. The van der Waals surface area contributed by atoms with Crippen LogP contribution in [0.2, 0.25) is 0 Å². The molecular weight excluding hydrogens is 302 g/mol. The van der Waals surface area contributed by atoms with Crippen LogP contribution in [0.15, 0.2) is 0 Å². The van der Waals surface area contributed by atoms with E-state index in [1.807, 2.05) is 0 Å². The van der Waals surface area contributed by atoms with E-state index < -0.39 is 0 Å². The molecule has 1 saturated heterocycles. The lowest BCUT2D eigenvalue weighted by molar-refractivity contribution is -0.123. The van der Waals surface area contributed by atoms with E-state index in [1.54, 1.807) is 0 Å².